The van der Waals surface area contributed by atoms with Crippen molar-refractivity contribution in [1.29, 1.82) is 0 Å². The average Bonchev–Trinajstić information content (AvgIpc) is 2.48. The van der Waals surface area contributed by atoms with Crippen LogP contribution in [0.3, 0.4) is 0 Å². The van der Waals surface area contributed by atoms with Gasteiger partial charge < -0.3 is 10.2 Å². The molecule has 0 aliphatic carbocycles. The smallest absolute Gasteiger partial charge is 0.243 e. The molecule has 1 fully saturated rings. The van der Waals surface area contributed by atoms with Gasteiger partial charge in [-0.25, -0.2) is 8.42 Å². The van der Waals surface area contributed by atoms with E-state index >= 15 is 0 Å². The number of carbonyl (C=O) groups excluding carboxylic acids is 1. The maximum Gasteiger partial charge on any atom is 0.243 e. The number of amides is 1. The third kappa shape index (κ3) is 3.87. The zero-order valence-electron chi connectivity index (χ0n) is 12.6. The van der Waals surface area contributed by atoms with Crippen molar-refractivity contribution in [2.24, 2.45) is 0 Å². The summed E-state index contributed by atoms with van der Waals surface area (Å²) in [5.74, 6) is -0.169. The summed E-state index contributed by atoms with van der Waals surface area (Å²) < 4.78 is 26.9. The lowest BCUT2D eigenvalue weighted by molar-refractivity contribution is -0.133. The predicted octanol–water partition coefficient (Wildman–Crippen LogP) is 0.890. The molecule has 1 atom stereocenters. The summed E-state index contributed by atoms with van der Waals surface area (Å²) in [5.41, 5.74) is 0. The second-order valence-electron chi connectivity index (χ2n) is 5.36. The number of carbonyl (C=O) groups is 1. The molecule has 122 valence electrons. The van der Waals surface area contributed by atoms with E-state index in [4.69, 9.17) is 0 Å². The second kappa shape index (κ2) is 7.08. The third-order valence-corrected chi connectivity index (χ3v) is 6.05. The maximum atomic E-state index is 12.5. The van der Waals surface area contributed by atoms with E-state index in [9.17, 15) is 13.2 Å². The molecule has 0 aromatic heterocycles. The van der Waals surface area contributed by atoms with E-state index < -0.39 is 10.0 Å². The van der Waals surface area contributed by atoms with E-state index in [-0.39, 0.29) is 23.4 Å². The lowest BCUT2D eigenvalue weighted by Crippen LogP contribution is -2.54. The number of rotatable bonds is 4. The van der Waals surface area contributed by atoms with Crippen LogP contribution < -0.4 is 5.32 Å². The van der Waals surface area contributed by atoms with Gasteiger partial charge in [-0.05, 0) is 31.2 Å². The van der Waals surface area contributed by atoms with Crippen LogP contribution >= 0.6 is 15.9 Å². The van der Waals surface area contributed by atoms with Crippen molar-refractivity contribution in [3.8, 4) is 0 Å². The van der Waals surface area contributed by atoms with Crippen LogP contribution in [-0.2, 0) is 14.8 Å². The molecule has 1 aliphatic heterocycles. The van der Waals surface area contributed by atoms with E-state index in [1.165, 1.54) is 19.2 Å². The molecule has 1 heterocycles. The normalized spacial score (nSPS) is 19.5. The molecule has 0 unspecified atom stereocenters. The molecule has 0 radical (unpaired) electrons. The standard InChI is InChI=1S/C14H20BrN3O3S/c1-11-9-16-7-8-18(11)14(19)10-17(2)22(20,21)13-5-3-12(15)4-6-13/h3-6,11,16H,7-10H2,1-2H3/t11-/m0/s1. The van der Waals surface area contributed by atoms with Crippen molar-refractivity contribution >= 4 is 31.9 Å². The Bertz CT molecular complexity index is 633. The predicted molar refractivity (Wildman–Crippen MR) is 88.0 cm³/mol. The fourth-order valence-corrected chi connectivity index (χ4v) is 3.75. The van der Waals surface area contributed by atoms with Gasteiger partial charge >= 0.3 is 0 Å². The molecule has 0 bridgehead atoms. The highest BCUT2D eigenvalue weighted by molar-refractivity contribution is 9.10. The van der Waals surface area contributed by atoms with Crippen LogP contribution in [0.1, 0.15) is 6.92 Å². The number of sulfonamides is 1. The lowest BCUT2D eigenvalue weighted by atomic mass is 10.2. The molecule has 2 rings (SSSR count). The summed E-state index contributed by atoms with van der Waals surface area (Å²) >= 11 is 3.27. The number of likely N-dealkylation sites (N-methyl/N-ethyl adjacent to an activating group) is 1. The molecule has 6 nitrogen and oxygen atoms in total. The van der Waals surface area contributed by atoms with Crippen molar-refractivity contribution in [2.45, 2.75) is 17.9 Å². The largest absolute Gasteiger partial charge is 0.336 e. The molecule has 1 amide bonds. The first-order valence-electron chi connectivity index (χ1n) is 7.04. The van der Waals surface area contributed by atoms with Crippen molar-refractivity contribution in [3.05, 3.63) is 28.7 Å². The topological polar surface area (TPSA) is 69.7 Å². The molecule has 22 heavy (non-hydrogen) atoms. The van der Waals surface area contributed by atoms with Crippen LogP contribution in [0.2, 0.25) is 0 Å². The Labute approximate surface area is 139 Å². The SMILES string of the molecule is C[C@H]1CNCCN1C(=O)CN(C)S(=O)(=O)c1ccc(Br)cc1. The first-order valence-corrected chi connectivity index (χ1v) is 9.28. The van der Waals surface area contributed by atoms with Gasteiger partial charge in [0, 0.05) is 37.2 Å². The molecule has 1 aliphatic rings. The first kappa shape index (κ1) is 17.4. The van der Waals surface area contributed by atoms with Gasteiger partial charge in [-0.2, -0.15) is 4.31 Å². The Balaban J connectivity index is 2.08. The van der Waals surface area contributed by atoms with Crippen LogP contribution in [0, 0.1) is 0 Å². The summed E-state index contributed by atoms with van der Waals surface area (Å²) in [5, 5.41) is 3.20. The minimum atomic E-state index is -3.66. The van der Waals surface area contributed by atoms with Gasteiger partial charge in [0.2, 0.25) is 15.9 Å². The average molecular weight is 390 g/mol. The van der Waals surface area contributed by atoms with Gasteiger partial charge in [-0.15, -0.1) is 0 Å². The van der Waals surface area contributed by atoms with E-state index in [0.717, 1.165) is 21.9 Å². The van der Waals surface area contributed by atoms with Crippen LogP contribution in [0.25, 0.3) is 0 Å². The van der Waals surface area contributed by atoms with Crippen molar-refractivity contribution < 1.29 is 13.2 Å². The number of halogens is 1. The summed E-state index contributed by atoms with van der Waals surface area (Å²) in [6.07, 6.45) is 0. The van der Waals surface area contributed by atoms with Gasteiger partial charge in [0.15, 0.2) is 0 Å². The highest BCUT2D eigenvalue weighted by Gasteiger charge is 2.28. The van der Waals surface area contributed by atoms with Crippen LogP contribution in [0.5, 0.6) is 0 Å². The minimum Gasteiger partial charge on any atom is -0.336 e. The quantitative estimate of drug-likeness (QED) is 0.829. The zero-order chi connectivity index (χ0) is 16.3. The lowest BCUT2D eigenvalue weighted by Gasteiger charge is -2.34. The maximum absolute atomic E-state index is 12.5. The summed E-state index contributed by atoms with van der Waals surface area (Å²) in [6.45, 7) is 3.87. The van der Waals surface area contributed by atoms with Crippen LogP contribution in [-0.4, -0.2) is 62.8 Å². The minimum absolute atomic E-state index is 0.0741. The molecule has 1 saturated heterocycles. The van der Waals surface area contributed by atoms with Crippen molar-refractivity contribution in [2.75, 3.05) is 33.2 Å². The number of hydrogen-bond acceptors (Lipinski definition) is 4. The van der Waals surface area contributed by atoms with Gasteiger partial charge in [0.25, 0.3) is 0 Å². The highest BCUT2D eigenvalue weighted by atomic mass is 79.9. The molecule has 8 heteroatoms. The molecule has 1 aromatic rings. The van der Waals surface area contributed by atoms with E-state index in [0.29, 0.717) is 6.54 Å². The van der Waals surface area contributed by atoms with Gasteiger partial charge in [-0.1, -0.05) is 15.9 Å². The van der Waals surface area contributed by atoms with Gasteiger partial charge in [0.05, 0.1) is 11.4 Å². The van der Waals surface area contributed by atoms with Crippen molar-refractivity contribution in [1.82, 2.24) is 14.5 Å². The summed E-state index contributed by atoms with van der Waals surface area (Å²) in [6, 6.07) is 6.45. The van der Waals surface area contributed by atoms with E-state index in [1.54, 1.807) is 17.0 Å². The summed E-state index contributed by atoms with van der Waals surface area (Å²) in [4.78, 5) is 14.2. The van der Waals surface area contributed by atoms with E-state index in [1.807, 2.05) is 6.92 Å². The highest BCUT2D eigenvalue weighted by Crippen LogP contribution is 2.18. The van der Waals surface area contributed by atoms with Gasteiger partial charge in [0.1, 0.15) is 0 Å². The molecule has 0 saturated carbocycles. The Morgan fingerprint density at radius 2 is 2.05 bits per heavy atom. The van der Waals surface area contributed by atoms with Crippen LogP contribution in [0.15, 0.2) is 33.6 Å². The fourth-order valence-electron chi connectivity index (χ4n) is 2.36. The number of piperazine rings is 1. The molecule has 1 aromatic carbocycles. The monoisotopic (exact) mass is 389 g/mol. The van der Waals surface area contributed by atoms with Crippen molar-refractivity contribution in [3.63, 3.8) is 0 Å². The molecule has 1 N–H and O–H groups in total. The van der Waals surface area contributed by atoms with Gasteiger partial charge in [-0.3, -0.25) is 4.79 Å². The molecule has 0 spiro atoms. The Kier molecular flexibility index (Phi) is 5.60. The summed E-state index contributed by atoms with van der Waals surface area (Å²) in [7, 11) is -2.22. The Hall–Kier alpha value is -0.960. The molecular weight excluding hydrogens is 370 g/mol. The number of nitrogens with zero attached hydrogens (tertiary/aromatic N) is 2. The van der Waals surface area contributed by atoms with E-state index in [2.05, 4.69) is 21.2 Å². The second-order valence-corrected chi connectivity index (χ2v) is 8.32. The number of hydrogen-bond donors (Lipinski definition) is 1. The fraction of sp³-hybridized carbons (Fsp3) is 0.500. The number of benzene rings is 1. The molecular formula is C14H20BrN3O3S. The third-order valence-electron chi connectivity index (χ3n) is 3.70. The Morgan fingerprint density at radius 1 is 1.41 bits per heavy atom. The first-order chi connectivity index (χ1) is 10.3. The number of nitrogens with one attached hydrogen (secondary N) is 1. The Morgan fingerprint density at radius 3 is 2.64 bits per heavy atom. The van der Waals surface area contributed by atoms with Crippen LogP contribution in [0.4, 0.5) is 0 Å². The zero-order valence-corrected chi connectivity index (χ0v) is 15.0.